The van der Waals surface area contributed by atoms with Gasteiger partial charge in [-0.2, -0.15) is 5.10 Å². The number of carbonyl (C=O) groups is 1. The van der Waals surface area contributed by atoms with Gasteiger partial charge in [0.25, 0.3) is 5.91 Å². The van der Waals surface area contributed by atoms with Crippen molar-refractivity contribution in [1.29, 1.82) is 0 Å². The van der Waals surface area contributed by atoms with Gasteiger partial charge in [-0.15, -0.1) is 0 Å². The average molecular weight is 393 g/mol. The van der Waals surface area contributed by atoms with Crippen LogP contribution in [0, 0.1) is 0 Å². The molecule has 1 fully saturated rings. The maximum absolute atomic E-state index is 12.6. The number of anilines is 1. The van der Waals surface area contributed by atoms with Crippen LogP contribution in [0.5, 0.6) is 0 Å². The van der Waals surface area contributed by atoms with E-state index in [9.17, 15) is 4.79 Å². The summed E-state index contributed by atoms with van der Waals surface area (Å²) in [6.45, 7) is 9.48. The molecule has 1 aliphatic heterocycles. The first-order valence-electron chi connectivity index (χ1n) is 10.1. The van der Waals surface area contributed by atoms with Gasteiger partial charge in [0, 0.05) is 56.0 Å². The fraction of sp³-hybridized carbons (Fsp3) is 0.409. The number of amides is 1. The number of pyridine rings is 1. The Balaban J connectivity index is 1.40. The molecule has 152 valence electrons. The third-order valence-corrected chi connectivity index (χ3v) is 5.40. The Hall–Kier alpha value is -2.77. The first-order chi connectivity index (χ1) is 14.0. The van der Waals surface area contributed by atoms with Crippen LogP contribution in [0.2, 0.25) is 0 Å². The first-order valence-corrected chi connectivity index (χ1v) is 10.1. The topological polar surface area (TPSA) is 66.3 Å². The Kier molecular flexibility index (Phi) is 5.60. The molecule has 3 heterocycles. The maximum Gasteiger partial charge on any atom is 0.257 e. The molecule has 0 spiro atoms. The second-order valence-electron chi connectivity index (χ2n) is 8.05. The molecule has 2 aromatic heterocycles. The Morgan fingerprint density at radius 1 is 1.10 bits per heavy atom. The third kappa shape index (κ3) is 4.46. The molecule has 1 aromatic carbocycles. The Morgan fingerprint density at radius 2 is 1.83 bits per heavy atom. The highest BCUT2D eigenvalue weighted by molar-refractivity contribution is 6.05. The first kappa shape index (κ1) is 19.5. The zero-order valence-corrected chi connectivity index (χ0v) is 17.3. The van der Waals surface area contributed by atoms with Crippen LogP contribution in [-0.2, 0) is 6.54 Å². The molecule has 7 heteroatoms. The van der Waals surface area contributed by atoms with Gasteiger partial charge in [-0.1, -0.05) is 12.1 Å². The number of nitrogens with zero attached hydrogens (tertiary/aromatic N) is 5. The van der Waals surface area contributed by atoms with Crippen molar-refractivity contribution in [2.24, 2.45) is 0 Å². The number of nitrogens with one attached hydrogen (secondary N) is 1. The molecule has 1 aliphatic rings. The highest BCUT2D eigenvalue weighted by Gasteiger charge is 2.14. The summed E-state index contributed by atoms with van der Waals surface area (Å²) in [7, 11) is 2.17. The minimum atomic E-state index is -0.163. The van der Waals surface area contributed by atoms with Crippen molar-refractivity contribution in [3.05, 3.63) is 53.9 Å². The van der Waals surface area contributed by atoms with E-state index < -0.39 is 0 Å². The maximum atomic E-state index is 12.6. The number of fused-ring (bicyclic) bond motifs is 1. The summed E-state index contributed by atoms with van der Waals surface area (Å²) in [6, 6.07) is 10.2. The number of benzene rings is 1. The third-order valence-electron chi connectivity index (χ3n) is 5.40. The highest BCUT2D eigenvalue weighted by atomic mass is 16.1. The number of carbonyl (C=O) groups excluding carboxylic acids is 1. The number of rotatable bonds is 5. The van der Waals surface area contributed by atoms with Gasteiger partial charge < -0.3 is 10.2 Å². The van der Waals surface area contributed by atoms with E-state index in [1.165, 1.54) is 5.56 Å². The van der Waals surface area contributed by atoms with Crippen LogP contribution < -0.4 is 5.32 Å². The van der Waals surface area contributed by atoms with Crippen LogP contribution in [0.4, 0.5) is 5.69 Å². The fourth-order valence-electron chi connectivity index (χ4n) is 3.60. The highest BCUT2D eigenvalue weighted by Crippen LogP contribution is 2.18. The minimum absolute atomic E-state index is 0.163. The molecule has 0 radical (unpaired) electrons. The SMILES string of the molecule is CC(C)n1ncc2cc(C(=O)Nc3ccc(CN4CCN(C)CC4)cc3)cnc21. The van der Waals surface area contributed by atoms with E-state index in [2.05, 4.69) is 58.2 Å². The van der Waals surface area contributed by atoms with Crippen molar-refractivity contribution in [2.45, 2.75) is 26.4 Å². The van der Waals surface area contributed by atoms with Crippen molar-refractivity contribution in [2.75, 3.05) is 38.5 Å². The largest absolute Gasteiger partial charge is 0.322 e. The van der Waals surface area contributed by atoms with E-state index in [1.807, 2.05) is 22.9 Å². The second kappa shape index (κ2) is 8.31. The van der Waals surface area contributed by atoms with Gasteiger partial charge in [0.15, 0.2) is 5.65 Å². The van der Waals surface area contributed by atoms with Crippen LogP contribution in [-0.4, -0.2) is 63.7 Å². The summed E-state index contributed by atoms with van der Waals surface area (Å²) in [4.78, 5) is 21.9. The van der Waals surface area contributed by atoms with Crippen LogP contribution in [0.25, 0.3) is 11.0 Å². The van der Waals surface area contributed by atoms with Crippen molar-refractivity contribution < 1.29 is 4.79 Å². The summed E-state index contributed by atoms with van der Waals surface area (Å²) in [5.74, 6) is -0.163. The van der Waals surface area contributed by atoms with Gasteiger partial charge >= 0.3 is 0 Å². The zero-order valence-electron chi connectivity index (χ0n) is 17.3. The van der Waals surface area contributed by atoms with E-state index in [4.69, 9.17) is 0 Å². The van der Waals surface area contributed by atoms with E-state index in [-0.39, 0.29) is 11.9 Å². The summed E-state index contributed by atoms with van der Waals surface area (Å²) in [5.41, 5.74) is 3.37. The van der Waals surface area contributed by atoms with Gasteiger partial charge in [0.1, 0.15) is 0 Å². The normalized spacial score (nSPS) is 15.9. The predicted octanol–water partition coefficient (Wildman–Crippen LogP) is 3.01. The molecule has 1 N–H and O–H groups in total. The number of hydrogen-bond donors (Lipinski definition) is 1. The number of likely N-dealkylation sites (N-methyl/N-ethyl adjacent to an activating group) is 1. The predicted molar refractivity (Wildman–Crippen MR) is 115 cm³/mol. The van der Waals surface area contributed by atoms with Crippen LogP contribution in [0.15, 0.2) is 42.7 Å². The molecular weight excluding hydrogens is 364 g/mol. The van der Waals surface area contributed by atoms with Crippen LogP contribution in [0.3, 0.4) is 0 Å². The number of piperazine rings is 1. The van der Waals surface area contributed by atoms with E-state index >= 15 is 0 Å². The quantitative estimate of drug-likeness (QED) is 0.723. The number of aromatic nitrogens is 3. The molecule has 0 atom stereocenters. The summed E-state index contributed by atoms with van der Waals surface area (Å²) in [6.07, 6.45) is 3.37. The molecule has 3 aromatic rings. The van der Waals surface area contributed by atoms with Gasteiger partial charge in [-0.25, -0.2) is 9.67 Å². The van der Waals surface area contributed by atoms with E-state index in [0.717, 1.165) is 49.4 Å². The van der Waals surface area contributed by atoms with Crippen molar-refractivity contribution in [1.82, 2.24) is 24.6 Å². The second-order valence-corrected chi connectivity index (χ2v) is 8.05. The molecule has 4 rings (SSSR count). The molecule has 7 nitrogen and oxygen atoms in total. The molecule has 0 aliphatic carbocycles. The standard InChI is InChI=1S/C22H28N6O/c1-16(2)28-21-18(14-24-28)12-19(13-23-21)22(29)25-20-6-4-17(5-7-20)15-27-10-8-26(3)9-11-27/h4-7,12-14,16H,8-11,15H2,1-3H3,(H,25,29). The van der Waals surface area contributed by atoms with Crippen LogP contribution >= 0.6 is 0 Å². The molecule has 0 saturated carbocycles. The lowest BCUT2D eigenvalue weighted by Gasteiger charge is -2.32. The van der Waals surface area contributed by atoms with Gasteiger partial charge in [0.05, 0.1) is 11.8 Å². The lowest BCUT2D eigenvalue weighted by Crippen LogP contribution is -2.43. The smallest absolute Gasteiger partial charge is 0.257 e. The molecule has 0 unspecified atom stereocenters. The van der Waals surface area contributed by atoms with E-state index in [1.54, 1.807) is 12.4 Å². The minimum Gasteiger partial charge on any atom is -0.322 e. The zero-order chi connectivity index (χ0) is 20.4. The molecule has 29 heavy (non-hydrogen) atoms. The van der Waals surface area contributed by atoms with Crippen molar-refractivity contribution >= 4 is 22.6 Å². The number of hydrogen-bond acceptors (Lipinski definition) is 5. The van der Waals surface area contributed by atoms with Crippen molar-refractivity contribution in [3.8, 4) is 0 Å². The monoisotopic (exact) mass is 392 g/mol. The summed E-state index contributed by atoms with van der Waals surface area (Å²) in [5, 5.41) is 8.19. The molecule has 0 bridgehead atoms. The Labute approximate surface area is 171 Å². The Bertz CT molecular complexity index is 986. The fourth-order valence-corrected chi connectivity index (χ4v) is 3.60. The summed E-state index contributed by atoms with van der Waals surface area (Å²) >= 11 is 0. The summed E-state index contributed by atoms with van der Waals surface area (Å²) < 4.78 is 1.86. The molecule has 1 saturated heterocycles. The lowest BCUT2D eigenvalue weighted by atomic mass is 10.1. The lowest BCUT2D eigenvalue weighted by molar-refractivity contribution is 0.102. The van der Waals surface area contributed by atoms with Crippen molar-refractivity contribution in [3.63, 3.8) is 0 Å². The molecular formula is C22H28N6O. The average Bonchev–Trinajstić information content (AvgIpc) is 3.15. The van der Waals surface area contributed by atoms with E-state index in [0.29, 0.717) is 5.56 Å². The Morgan fingerprint density at radius 3 is 2.52 bits per heavy atom. The van der Waals surface area contributed by atoms with Gasteiger partial charge in [-0.3, -0.25) is 9.69 Å². The van der Waals surface area contributed by atoms with Gasteiger partial charge in [0.2, 0.25) is 0 Å². The van der Waals surface area contributed by atoms with Crippen LogP contribution in [0.1, 0.15) is 35.8 Å². The molecule has 1 amide bonds. The van der Waals surface area contributed by atoms with Gasteiger partial charge in [-0.05, 0) is 44.7 Å².